The zero-order valence-corrected chi connectivity index (χ0v) is 11.1. The van der Waals surface area contributed by atoms with Gasteiger partial charge >= 0.3 is 23.9 Å². The molecule has 8 heteroatoms. The molecule has 20 heavy (non-hydrogen) atoms. The van der Waals surface area contributed by atoms with Crippen molar-refractivity contribution in [1.82, 2.24) is 0 Å². The quantitative estimate of drug-likeness (QED) is 0.482. The lowest BCUT2D eigenvalue weighted by Gasteiger charge is -2.21. The van der Waals surface area contributed by atoms with Crippen LogP contribution in [0.2, 0.25) is 0 Å². The fourth-order valence-corrected chi connectivity index (χ4v) is 1.82. The summed E-state index contributed by atoms with van der Waals surface area (Å²) in [6.45, 7) is 2.50. The molecule has 0 aliphatic heterocycles. The van der Waals surface area contributed by atoms with E-state index >= 15 is 0 Å². The van der Waals surface area contributed by atoms with Gasteiger partial charge in [0.1, 0.15) is 0 Å². The second kappa shape index (κ2) is 7.46. The maximum atomic E-state index is 11.1. The van der Waals surface area contributed by atoms with Crippen LogP contribution in [0.3, 0.4) is 0 Å². The first-order valence-corrected chi connectivity index (χ1v) is 5.99. The molecule has 4 N–H and O–H groups in total. The first-order valence-electron chi connectivity index (χ1n) is 5.99. The molecule has 114 valence electrons. The Balaban J connectivity index is 5.02. The molecule has 8 nitrogen and oxygen atoms in total. The van der Waals surface area contributed by atoms with Crippen molar-refractivity contribution in [2.24, 2.45) is 23.7 Å². The molecule has 4 unspecified atom stereocenters. The molecule has 0 amide bonds. The Morgan fingerprint density at radius 2 is 1.25 bits per heavy atom. The molecular formula is C12H18O8. The predicted molar refractivity (Wildman–Crippen MR) is 65.1 cm³/mol. The van der Waals surface area contributed by atoms with Crippen LogP contribution < -0.4 is 0 Å². The van der Waals surface area contributed by atoms with Crippen molar-refractivity contribution in [3.05, 3.63) is 0 Å². The highest BCUT2D eigenvalue weighted by Gasteiger charge is 2.35. The van der Waals surface area contributed by atoms with Crippen molar-refractivity contribution >= 4 is 23.9 Å². The van der Waals surface area contributed by atoms with E-state index in [1.165, 1.54) is 13.8 Å². The average molecular weight is 290 g/mol. The van der Waals surface area contributed by atoms with E-state index in [0.29, 0.717) is 0 Å². The number of hydrogen-bond acceptors (Lipinski definition) is 4. The van der Waals surface area contributed by atoms with Crippen LogP contribution in [0.15, 0.2) is 0 Å². The van der Waals surface area contributed by atoms with Crippen LogP contribution in [0.5, 0.6) is 0 Å². The fraction of sp³-hybridized carbons (Fsp3) is 0.667. The molecule has 0 rings (SSSR count). The first kappa shape index (κ1) is 17.9. The summed E-state index contributed by atoms with van der Waals surface area (Å²) in [4.78, 5) is 43.7. The molecule has 0 saturated heterocycles. The molecule has 0 spiro atoms. The van der Waals surface area contributed by atoms with Gasteiger partial charge in [0.15, 0.2) is 0 Å². The Kier molecular flexibility index (Phi) is 6.67. The molecule has 0 aliphatic rings. The normalized spacial score (nSPS) is 16.7. The maximum absolute atomic E-state index is 11.1. The standard InChI is InChI=1S/C12H18O8/c1-5(9(13)14)3-7(11(17)18)4-8(12(19)20)6(2)10(15)16/h5-8H,3-4H2,1-2H3,(H,13,14)(H,15,16)(H,17,18)(H,19,20). The summed E-state index contributed by atoms with van der Waals surface area (Å²) in [6, 6.07) is 0. The largest absolute Gasteiger partial charge is 0.481 e. The van der Waals surface area contributed by atoms with Crippen molar-refractivity contribution < 1.29 is 39.6 Å². The van der Waals surface area contributed by atoms with E-state index in [1.54, 1.807) is 0 Å². The Bertz CT molecular complexity index is 402. The Hall–Kier alpha value is -2.12. The van der Waals surface area contributed by atoms with E-state index in [4.69, 9.17) is 20.4 Å². The van der Waals surface area contributed by atoms with Gasteiger partial charge in [-0.05, 0) is 12.8 Å². The monoisotopic (exact) mass is 290 g/mol. The van der Waals surface area contributed by atoms with E-state index in [1.807, 2.05) is 0 Å². The Morgan fingerprint density at radius 3 is 1.55 bits per heavy atom. The van der Waals surface area contributed by atoms with Crippen molar-refractivity contribution in [1.29, 1.82) is 0 Å². The third kappa shape index (κ3) is 5.25. The molecule has 0 saturated carbocycles. The highest BCUT2D eigenvalue weighted by Crippen LogP contribution is 2.26. The van der Waals surface area contributed by atoms with Gasteiger partial charge in [-0.2, -0.15) is 0 Å². The topological polar surface area (TPSA) is 149 Å². The minimum absolute atomic E-state index is 0.249. The fourth-order valence-electron chi connectivity index (χ4n) is 1.82. The number of hydrogen-bond donors (Lipinski definition) is 4. The highest BCUT2D eigenvalue weighted by molar-refractivity contribution is 5.80. The van der Waals surface area contributed by atoms with Crippen molar-refractivity contribution in [2.45, 2.75) is 26.7 Å². The van der Waals surface area contributed by atoms with Crippen LogP contribution in [-0.4, -0.2) is 44.3 Å². The summed E-state index contributed by atoms with van der Waals surface area (Å²) in [5, 5.41) is 35.6. The van der Waals surface area contributed by atoms with Gasteiger partial charge in [0, 0.05) is 0 Å². The molecule has 0 bridgehead atoms. The van der Waals surface area contributed by atoms with Gasteiger partial charge in [0.25, 0.3) is 0 Å². The number of carboxylic acid groups (broad SMARTS) is 4. The van der Waals surface area contributed by atoms with Gasteiger partial charge in [-0.1, -0.05) is 13.8 Å². The SMILES string of the molecule is CC(CC(CC(C(=O)O)C(C)C(=O)O)C(=O)O)C(=O)O. The minimum Gasteiger partial charge on any atom is -0.481 e. The third-order valence-corrected chi connectivity index (χ3v) is 3.26. The molecule has 0 heterocycles. The van der Waals surface area contributed by atoms with Crippen LogP contribution in [-0.2, 0) is 19.2 Å². The molecule has 0 aromatic carbocycles. The molecule has 4 atom stereocenters. The van der Waals surface area contributed by atoms with Gasteiger partial charge in [-0.25, -0.2) is 0 Å². The summed E-state index contributed by atoms with van der Waals surface area (Å²) < 4.78 is 0. The minimum atomic E-state index is -1.41. The second-order valence-corrected chi connectivity index (χ2v) is 4.82. The first-order chi connectivity index (χ1) is 9.07. The number of aliphatic carboxylic acids is 4. The van der Waals surface area contributed by atoms with Crippen LogP contribution in [0.25, 0.3) is 0 Å². The van der Waals surface area contributed by atoms with Crippen LogP contribution in [0.1, 0.15) is 26.7 Å². The molecule has 0 aromatic rings. The molecule has 0 aliphatic carbocycles. The van der Waals surface area contributed by atoms with Gasteiger partial charge < -0.3 is 20.4 Å². The molecule has 0 fully saturated rings. The van der Waals surface area contributed by atoms with Crippen LogP contribution in [0, 0.1) is 23.7 Å². The summed E-state index contributed by atoms with van der Waals surface area (Å²) in [6.07, 6.45) is -0.670. The highest BCUT2D eigenvalue weighted by atomic mass is 16.4. The van der Waals surface area contributed by atoms with E-state index in [0.717, 1.165) is 0 Å². The van der Waals surface area contributed by atoms with Gasteiger partial charge in [0.2, 0.25) is 0 Å². The van der Waals surface area contributed by atoms with E-state index in [2.05, 4.69) is 0 Å². The predicted octanol–water partition coefficient (Wildman–Crippen LogP) is 0.610. The Labute approximate surface area is 115 Å². The zero-order chi connectivity index (χ0) is 16.0. The average Bonchev–Trinajstić information content (AvgIpc) is 2.31. The van der Waals surface area contributed by atoms with E-state index in [9.17, 15) is 19.2 Å². The summed E-state index contributed by atoms with van der Waals surface area (Å²) in [7, 11) is 0. The smallest absolute Gasteiger partial charge is 0.307 e. The molecule has 0 radical (unpaired) electrons. The lowest BCUT2D eigenvalue weighted by atomic mass is 9.82. The summed E-state index contributed by atoms with van der Waals surface area (Å²) in [5.41, 5.74) is 0. The van der Waals surface area contributed by atoms with Crippen LogP contribution in [0.4, 0.5) is 0 Å². The van der Waals surface area contributed by atoms with E-state index in [-0.39, 0.29) is 6.42 Å². The third-order valence-electron chi connectivity index (χ3n) is 3.26. The van der Waals surface area contributed by atoms with Gasteiger partial charge in [-0.3, -0.25) is 19.2 Å². The Morgan fingerprint density at radius 1 is 0.750 bits per heavy atom. The lowest BCUT2D eigenvalue weighted by molar-refractivity contribution is -0.155. The maximum Gasteiger partial charge on any atom is 0.307 e. The molecule has 0 aromatic heterocycles. The van der Waals surface area contributed by atoms with Gasteiger partial charge in [0.05, 0.1) is 23.7 Å². The molecular weight excluding hydrogens is 272 g/mol. The number of carbonyl (C=O) groups is 4. The summed E-state index contributed by atoms with van der Waals surface area (Å²) in [5.74, 6) is -10.1. The lowest BCUT2D eigenvalue weighted by Crippen LogP contribution is -2.32. The van der Waals surface area contributed by atoms with Crippen molar-refractivity contribution in [2.75, 3.05) is 0 Å². The summed E-state index contributed by atoms with van der Waals surface area (Å²) >= 11 is 0. The van der Waals surface area contributed by atoms with Crippen LogP contribution >= 0.6 is 0 Å². The van der Waals surface area contributed by atoms with Gasteiger partial charge in [-0.15, -0.1) is 0 Å². The van der Waals surface area contributed by atoms with Crippen molar-refractivity contribution in [3.8, 4) is 0 Å². The number of carboxylic acids is 4. The van der Waals surface area contributed by atoms with Crippen molar-refractivity contribution in [3.63, 3.8) is 0 Å². The second-order valence-electron chi connectivity index (χ2n) is 4.82. The zero-order valence-electron chi connectivity index (χ0n) is 11.1. The van der Waals surface area contributed by atoms with E-state index < -0.39 is 54.0 Å². The number of rotatable bonds is 9.